The van der Waals surface area contributed by atoms with Crippen LogP contribution in [-0.4, -0.2) is 33.6 Å². The normalized spacial score (nSPS) is 16.0. The molecule has 0 spiro atoms. The largest absolute Gasteiger partial charge is 0.481 e. The van der Waals surface area contributed by atoms with Gasteiger partial charge in [-0.3, -0.25) is 9.69 Å². The van der Waals surface area contributed by atoms with Crippen LogP contribution in [0.2, 0.25) is 10.0 Å². The van der Waals surface area contributed by atoms with Crippen LogP contribution in [0.25, 0.3) is 10.9 Å². The summed E-state index contributed by atoms with van der Waals surface area (Å²) < 4.78 is 41.9. The lowest BCUT2D eigenvalue weighted by atomic mass is 9.73. The number of hydrogen-bond acceptors (Lipinski definition) is 2. The molecule has 9 heteroatoms. The van der Waals surface area contributed by atoms with Gasteiger partial charge in [-0.1, -0.05) is 29.3 Å². The van der Waals surface area contributed by atoms with Gasteiger partial charge in [0.05, 0.1) is 16.0 Å². The zero-order valence-corrected chi connectivity index (χ0v) is 22.9. The van der Waals surface area contributed by atoms with E-state index >= 15 is 0 Å². The molecule has 37 heavy (non-hydrogen) atoms. The van der Waals surface area contributed by atoms with Crippen molar-refractivity contribution in [3.63, 3.8) is 0 Å². The maximum absolute atomic E-state index is 13.4. The van der Waals surface area contributed by atoms with Crippen molar-refractivity contribution >= 4 is 40.1 Å². The second-order valence-electron chi connectivity index (χ2n) is 10.7. The number of rotatable bonds is 6. The van der Waals surface area contributed by atoms with Gasteiger partial charge in [-0.2, -0.15) is 13.2 Å². The van der Waals surface area contributed by atoms with E-state index in [0.717, 1.165) is 48.1 Å². The Morgan fingerprint density at radius 2 is 1.76 bits per heavy atom. The molecular formula is C28H31Cl2F3N2O2. The summed E-state index contributed by atoms with van der Waals surface area (Å²) in [5.74, 6) is -0.653. The Morgan fingerprint density at radius 1 is 1.11 bits per heavy atom. The van der Waals surface area contributed by atoms with E-state index in [1.54, 1.807) is 32.4 Å². The topological polar surface area (TPSA) is 45.5 Å². The fraction of sp³-hybridized carbons (Fsp3) is 0.464. The fourth-order valence-electron chi connectivity index (χ4n) is 5.34. The van der Waals surface area contributed by atoms with Crippen molar-refractivity contribution in [2.75, 3.05) is 13.1 Å². The number of carboxylic acids is 1. The van der Waals surface area contributed by atoms with Gasteiger partial charge in [-0.25, -0.2) is 0 Å². The van der Waals surface area contributed by atoms with Crippen LogP contribution in [0.15, 0.2) is 30.3 Å². The summed E-state index contributed by atoms with van der Waals surface area (Å²) in [6.07, 6.45) is -2.44. The molecule has 0 saturated carbocycles. The number of likely N-dealkylation sites (tertiary alicyclic amines) is 1. The van der Waals surface area contributed by atoms with Crippen molar-refractivity contribution in [1.82, 2.24) is 9.47 Å². The molecule has 4 rings (SSSR count). The molecule has 0 aliphatic carbocycles. The first-order valence-corrected chi connectivity index (χ1v) is 13.0. The minimum Gasteiger partial charge on any atom is -0.481 e. The number of aliphatic carboxylic acids is 1. The first-order chi connectivity index (χ1) is 17.2. The summed E-state index contributed by atoms with van der Waals surface area (Å²) in [7, 11) is 1.76. The summed E-state index contributed by atoms with van der Waals surface area (Å²) in [4.78, 5) is 13.9. The molecule has 0 unspecified atom stereocenters. The summed E-state index contributed by atoms with van der Waals surface area (Å²) in [5, 5.41) is 11.4. The van der Waals surface area contributed by atoms with Crippen LogP contribution in [0, 0.1) is 18.3 Å². The number of fused-ring (bicyclic) bond motifs is 1. The Bertz CT molecular complexity index is 1340. The van der Waals surface area contributed by atoms with Crippen LogP contribution in [0.1, 0.15) is 54.6 Å². The Hall–Kier alpha value is -2.22. The van der Waals surface area contributed by atoms with Crippen LogP contribution in [0.3, 0.4) is 0 Å². The molecule has 1 saturated heterocycles. The minimum absolute atomic E-state index is 0.116. The molecule has 1 aromatic heterocycles. The molecule has 4 nitrogen and oxygen atoms in total. The van der Waals surface area contributed by atoms with Gasteiger partial charge >= 0.3 is 12.1 Å². The number of hydrogen-bond donors (Lipinski definition) is 1. The predicted molar refractivity (Wildman–Crippen MR) is 141 cm³/mol. The van der Waals surface area contributed by atoms with Crippen LogP contribution >= 0.6 is 23.2 Å². The maximum Gasteiger partial charge on any atom is 0.416 e. The van der Waals surface area contributed by atoms with Crippen molar-refractivity contribution < 1.29 is 23.1 Å². The van der Waals surface area contributed by atoms with Gasteiger partial charge in [0.1, 0.15) is 0 Å². The van der Waals surface area contributed by atoms with Crippen molar-refractivity contribution in [2.45, 2.75) is 52.8 Å². The third-order valence-electron chi connectivity index (χ3n) is 7.97. The van der Waals surface area contributed by atoms with Gasteiger partial charge < -0.3 is 9.67 Å². The summed E-state index contributed by atoms with van der Waals surface area (Å²) in [6, 6.07) is 7.98. The number of benzene rings is 2. The van der Waals surface area contributed by atoms with Crippen molar-refractivity contribution in [3.05, 3.63) is 68.3 Å². The van der Waals surface area contributed by atoms with Gasteiger partial charge in [0, 0.05) is 41.6 Å². The maximum atomic E-state index is 13.4. The molecule has 1 aliphatic rings. The second kappa shape index (κ2) is 10.2. The Kier molecular flexibility index (Phi) is 7.63. The number of aromatic nitrogens is 1. The van der Waals surface area contributed by atoms with E-state index in [1.807, 2.05) is 18.2 Å². The van der Waals surface area contributed by atoms with Crippen LogP contribution in [-0.2, 0) is 31.0 Å². The van der Waals surface area contributed by atoms with Crippen LogP contribution in [0.5, 0.6) is 0 Å². The lowest BCUT2D eigenvalue weighted by Gasteiger charge is -2.38. The number of alkyl halides is 3. The smallest absolute Gasteiger partial charge is 0.416 e. The van der Waals surface area contributed by atoms with Gasteiger partial charge in [-0.05, 0) is 93.6 Å². The Labute approximate surface area is 225 Å². The molecule has 0 amide bonds. The lowest BCUT2D eigenvalue weighted by Crippen LogP contribution is -2.41. The zero-order chi connectivity index (χ0) is 27.3. The van der Waals surface area contributed by atoms with Gasteiger partial charge in [0.15, 0.2) is 0 Å². The first kappa shape index (κ1) is 27.8. The van der Waals surface area contributed by atoms with E-state index in [0.29, 0.717) is 34.1 Å². The Morgan fingerprint density at radius 3 is 2.35 bits per heavy atom. The summed E-state index contributed by atoms with van der Waals surface area (Å²) >= 11 is 13.4. The molecule has 1 fully saturated rings. The first-order valence-electron chi connectivity index (χ1n) is 12.3. The molecule has 2 heterocycles. The lowest BCUT2D eigenvalue weighted by molar-refractivity contribution is -0.151. The molecule has 3 aromatic rings. The van der Waals surface area contributed by atoms with Crippen molar-refractivity contribution in [1.29, 1.82) is 0 Å². The van der Waals surface area contributed by atoms with E-state index in [1.165, 1.54) is 12.1 Å². The quantitative estimate of drug-likeness (QED) is 0.339. The van der Waals surface area contributed by atoms with E-state index in [9.17, 15) is 23.1 Å². The van der Waals surface area contributed by atoms with E-state index < -0.39 is 23.1 Å². The molecule has 1 aliphatic heterocycles. The van der Waals surface area contributed by atoms with Gasteiger partial charge in [0.2, 0.25) is 0 Å². The molecule has 0 bridgehead atoms. The average molecular weight is 555 g/mol. The average Bonchev–Trinajstić information content (AvgIpc) is 3.14. The van der Waals surface area contributed by atoms with Gasteiger partial charge in [-0.15, -0.1) is 0 Å². The minimum atomic E-state index is -4.41. The standard InChI is InChI=1S/C28H31Cl2F3N2O2/c1-16-11-19(28(31,32)33)12-24-21(16)13-20(34(24)4)14-22-23(29)6-5-17(25(22)30)15-35-9-7-18(8-10-35)27(2,3)26(36)37/h5-6,11-13,18H,7-10,14-15H2,1-4H3,(H,36,37). The highest BCUT2D eigenvalue weighted by molar-refractivity contribution is 6.36. The van der Waals surface area contributed by atoms with Crippen molar-refractivity contribution in [3.8, 4) is 0 Å². The molecular weight excluding hydrogens is 524 g/mol. The van der Waals surface area contributed by atoms with Crippen molar-refractivity contribution in [2.24, 2.45) is 18.4 Å². The highest BCUT2D eigenvalue weighted by Gasteiger charge is 2.38. The van der Waals surface area contributed by atoms with E-state index in [4.69, 9.17) is 23.2 Å². The summed E-state index contributed by atoms with van der Waals surface area (Å²) in [5.41, 5.74) is 2.13. The Balaban J connectivity index is 1.56. The number of nitrogens with zero attached hydrogens (tertiary/aromatic N) is 2. The SMILES string of the molecule is Cc1cc(C(F)(F)F)cc2c1cc(Cc1c(Cl)ccc(CN3CCC(C(C)(C)C(=O)O)CC3)c1Cl)n2C. The molecule has 1 N–H and O–H groups in total. The monoisotopic (exact) mass is 554 g/mol. The molecule has 200 valence electrons. The van der Waals surface area contributed by atoms with E-state index in [2.05, 4.69) is 4.90 Å². The van der Waals surface area contributed by atoms with Crippen LogP contribution < -0.4 is 0 Å². The number of carbonyl (C=O) groups is 1. The van der Waals surface area contributed by atoms with Crippen LogP contribution in [0.4, 0.5) is 13.2 Å². The number of piperidine rings is 1. The fourth-order valence-corrected chi connectivity index (χ4v) is 5.90. The number of aryl methyl sites for hydroxylation is 2. The highest BCUT2D eigenvalue weighted by atomic mass is 35.5. The third-order valence-corrected chi connectivity index (χ3v) is 8.80. The predicted octanol–water partition coefficient (Wildman–Crippen LogP) is 7.73. The highest BCUT2D eigenvalue weighted by Crippen LogP contribution is 2.38. The summed E-state index contributed by atoms with van der Waals surface area (Å²) in [6.45, 7) is 7.43. The number of halogens is 5. The molecule has 0 atom stereocenters. The number of carboxylic acid groups (broad SMARTS) is 1. The molecule has 2 aromatic carbocycles. The zero-order valence-electron chi connectivity index (χ0n) is 21.3. The van der Waals surface area contributed by atoms with E-state index in [-0.39, 0.29) is 5.92 Å². The molecule has 0 radical (unpaired) electrons. The second-order valence-corrected chi connectivity index (χ2v) is 11.5. The van der Waals surface area contributed by atoms with Gasteiger partial charge in [0.25, 0.3) is 0 Å². The third kappa shape index (κ3) is 5.50.